The SMILES string of the molecule is CC(C)CC(C)OCCCCCCS(N)(=O)=O. The Morgan fingerprint density at radius 3 is 2.18 bits per heavy atom. The maximum Gasteiger partial charge on any atom is 0.209 e. The molecule has 0 radical (unpaired) electrons. The number of primary sulfonamides is 1. The van der Waals surface area contributed by atoms with Crippen molar-refractivity contribution in [3.05, 3.63) is 0 Å². The van der Waals surface area contributed by atoms with Crippen molar-refractivity contribution < 1.29 is 13.2 Å². The van der Waals surface area contributed by atoms with E-state index in [1.54, 1.807) is 0 Å². The Morgan fingerprint density at radius 1 is 1.06 bits per heavy atom. The third-order valence-corrected chi connectivity index (χ3v) is 3.39. The van der Waals surface area contributed by atoms with Crippen LogP contribution in [0.2, 0.25) is 0 Å². The normalized spacial score (nSPS) is 14.2. The Hall–Kier alpha value is -0.130. The summed E-state index contributed by atoms with van der Waals surface area (Å²) in [4.78, 5) is 0. The van der Waals surface area contributed by atoms with Crippen LogP contribution in [0.4, 0.5) is 0 Å². The second-order valence-corrected chi connectivity index (χ2v) is 6.83. The first kappa shape index (κ1) is 16.9. The average Bonchev–Trinajstić information content (AvgIpc) is 2.13. The van der Waals surface area contributed by atoms with Crippen LogP contribution in [-0.4, -0.2) is 26.9 Å². The number of hydrogen-bond donors (Lipinski definition) is 1. The lowest BCUT2D eigenvalue weighted by atomic mass is 10.1. The number of nitrogens with two attached hydrogens (primary N) is 1. The van der Waals surface area contributed by atoms with Crippen LogP contribution in [0.5, 0.6) is 0 Å². The summed E-state index contributed by atoms with van der Waals surface area (Å²) in [6.07, 6.45) is 4.96. The van der Waals surface area contributed by atoms with Crippen molar-refractivity contribution in [1.82, 2.24) is 0 Å². The van der Waals surface area contributed by atoms with E-state index in [9.17, 15) is 8.42 Å². The summed E-state index contributed by atoms with van der Waals surface area (Å²) in [7, 11) is -3.28. The van der Waals surface area contributed by atoms with Gasteiger partial charge in [0.05, 0.1) is 11.9 Å². The maximum absolute atomic E-state index is 10.7. The lowest BCUT2D eigenvalue weighted by Gasteiger charge is -2.14. The summed E-state index contributed by atoms with van der Waals surface area (Å²) in [5.41, 5.74) is 0. The predicted molar refractivity (Wildman–Crippen MR) is 71.3 cm³/mol. The van der Waals surface area contributed by atoms with Gasteiger partial charge in [-0.3, -0.25) is 0 Å². The summed E-state index contributed by atoms with van der Waals surface area (Å²) in [5, 5.41) is 4.91. The molecule has 0 fully saturated rings. The summed E-state index contributed by atoms with van der Waals surface area (Å²) < 4.78 is 27.0. The van der Waals surface area contributed by atoms with Crippen molar-refractivity contribution in [3.8, 4) is 0 Å². The summed E-state index contributed by atoms with van der Waals surface area (Å²) in [5.74, 6) is 0.761. The van der Waals surface area contributed by atoms with Crippen molar-refractivity contribution in [2.24, 2.45) is 11.1 Å². The van der Waals surface area contributed by atoms with Gasteiger partial charge >= 0.3 is 0 Å². The third kappa shape index (κ3) is 13.8. The molecule has 0 aromatic rings. The first-order valence-electron chi connectivity index (χ1n) is 6.43. The second-order valence-electron chi connectivity index (χ2n) is 5.09. The molecule has 0 aromatic heterocycles. The molecule has 0 spiro atoms. The largest absolute Gasteiger partial charge is 0.379 e. The molecule has 4 nitrogen and oxygen atoms in total. The molecule has 0 heterocycles. The summed E-state index contributed by atoms with van der Waals surface area (Å²) in [6, 6.07) is 0. The van der Waals surface area contributed by atoms with Gasteiger partial charge in [-0.25, -0.2) is 13.6 Å². The standard InChI is InChI=1S/C12H27NO3S/c1-11(2)10-12(3)16-8-6-4-5-7-9-17(13,14)15/h11-12H,4-10H2,1-3H3,(H2,13,14,15). The molecule has 0 amide bonds. The van der Waals surface area contributed by atoms with Crippen LogP contribution in [0, 0.1) is 5.92 Å². The van der Waals surface area contributed by atoms with E-state index in [1.807, 2.05) is 0 Å². The minimum Gasteiger partial charge on any atom is -0.379 e. The van der Waals surface area contributed by atoms with Crippen LogP contribution >= 0.6 is 0 Å². The molecule has 0 bridgehead atoms. The Morgan fingerprint density at radius 2 is 1.65 bits per heavy atom. The van der Waals surface area contributed by atoms with Gasteiger partial charge < -0.3 is 4.74 Å². The van der Waals surface area contributed by atoms with Crippen LogP contribution in [0.1, 0.15) is 52.9 Å². The number of unbranched alkanes of at least 4 members (excludes halogenated alkanes) is 3. The zero-order valence-electron chi connectivity index (χ0n) is 11.3. The Bertz CT molecular complexity index is 275. The molecule has 5 heteroatoms. The number of hydrogen-bond acceptors (Lipinski definition) is 3. The van der Waals surface area contributed by atoms with Gasteiger partial charge in [0.2, 0.25) is 10.0 Å². The molecular formula is C12H27NO3S. The van der Waals surface area contributed by atoms with Gasteiger partial charge in [0.15, 0.2) is 0 Å². The highest BCUT2D eigenvalue weighted by atomic mass is 32.2. The van der Waals surface area contributed by atoms with Gasteiger partial charge in [-0.1, -0.05) is 26.7 Å². The Kier molecular flexibility index (Phi) is 8.82. The maximum atomic E-state index is 10.7. The minimum atomic E-state index is -3.28. The van der Waals surface area contributed by atoms with E-state index >= 15 is 0 Å². The molecule has 0 aliphatic rings. The summed E-state index contributed by atoms with van der Waals surface area (Å²) in [6.45, 7) is 7.24. The zero-order chi connectivity index (χ0) is 13.3. The molecule has 17 heavy (non-hydrogen) atoms. The van der Waals surface area contributed by atoms with Gasteiger partial charge in [0, 0.05) is 6.61 Å². The number of ether oxygens (including phenoxy) is 1. The zero-order valence-corrected chi connectivity index (χ0v) is 12.1. The molecule has 0 aliphatic heterocycles. The fourth-order valence-corrected chi connectivity index (χ4v) is 2.38. The van der Waals surface area contributed by atoms with Crippen LogP contribution in [0.15, 0.2) is 0 Å². The van der Waals surface area contributed by atoms with Gasteiger partial charge in [0.1, 0.15) is 0 Å². The van der Waals surface area contributed by atoms with Crippen molar-refractivity contribution in [1.29, 1.82) is 0 Å². The van der Waals surface area contributed by atoms with Crippen LogP contribution in [-0.2, 0) is 14.8 Å². The highest BCUT2D eigenvalue weighted by Crippen LogP contribution is 2.09. The lowest BCUT2D eigenvalue weighted by molar-refractivity contribution is 0.0495. The smallest absolute Gasteiger partial charge is 0.209 e. The molecule has 0 aliphatic carbocycles. The van der Waals surface area contributed by atoms with Gasteiger partial charge in [-0.2, -0.15) is 0 Å². The van der Waals surface area contributed by atoms with Crippen molar-refractivity contribution >= 4 is 10.0 Å². The quantitative estimate of drug-likeness (QED) is 0.616. The first-order chi connectivity index (χ1) is 7.81. The molecule has 104 valence electrons. The highest BCUT2D eigenvalue weighted by Gasteiger charge is 2.05. The minimum absolute atomic E-state index is 0.0949. The van der Waals surface area contributed by atoms with E-state index in [0.717, 1.165) is 32.3 Å². The number of rotatable bonds is 10. The average molecular weight is 265 g/mol. The fraction of sp³-hybridized carbons (Fsp3) is 1.00. The van der Waals surface area contributed by atoms with E-state index in [0.29, 0.717) is 18.4 Å². The molecule has 1 atom stereocenters. The van der Waals surface area contributed by atoms with Gasteiger partial charge in [-0.15, -0.1) is 0 Å². The Balaban J connectivity index is 3.29. The highest BCUT2D eigenvalue weighted by molar-refractivity contribution is 7.89. The van der Waals surface area contributed by atoms with E-state index < -0.39 is 10.0 Å². The van der Waals surface area contributed by atoms with Crippen LogP contribution in [0.3, 0.4) is 0 Å². The molecule has 0 saturated heterocycles. The Labute approximate surface area is 106 Å². The fourth-order valence-electron chi connectivity index (χ4n) is 1.78. The topological polar surface area (TPSA) is 69.4 Å². The van der Waals surface area contributed by atoms with E-state index in [-0.39, 0.29) is 5.75 Å². The molecule has 0 rings (SSSR count). The molecular weight excluding hydrogens is 238 g/mol. The molecule has 2 N–H and O–H groups in total. The van der Waals surface area contributed by atoms with E-state index in [2.05, 4.69) is 20.8 Å². The summed E-state index contributed by atoms with van der Waals surface area (Å²) >= 11 is 0. The molecule has 0 aromatic carbocycles. The van der Waals surface area contributed by atoms with Crippen molar-refractivity contribution in [2.75, 3.05) is 12.4 Å². The monoisotopic (exact) mass is 265 g/mol. The van der Waals surface area contributed by atoms with Gasteiger partial charge in [-0.05, 0) is 32.1 Å². The van der Waals surface area contributed by atoms with Crippen molar-refractivity contribution in [2.45, 2.75) is 59.0 Å². The van der Waals surface area contributed by atoms with E-state index in [1.165, 1.54) is 0 Å². The van der Waals surface area contributed by atoms with Crippen molar-refractivity contribution in [3.63, 3.8) is 0 Å². The molecule has 0 saturated carbocycles. The van der Waals surface area contributed by atoms with Gasteiger partial charge in [0.25, 0.3) is 0 Å². The lowest BCUT2D eigenvalue weighted by Crippen LogP contribution is -2.16. The van der Waals surface area contributed by atoms with E-state index in [4.69, 9.17) is 9.88 Å². The second kappa shape index (κ2) is 8.89. The predicted octanol–water partition coefficient (Wildman–Crippen LogP) is 2.29. The number of sulfonamides is 1. The van der Waals surface area contributed by atoms with Crippen LogP contribution in [0.25, 0.3) is 0 Å². The molecule has 1 unspecified atom stereocenters. The third-order valence-electron chi connectivity index (χ3n) is 2.53. The first-order valence-corrected chi connectivity index (χ1v) is 8.15. The van der Waals surface area contributed by atoms with Crippen LogP contribution < -0.4 is 5.14 Å².